The van der Waals surface area contributed by atoms with E-state index >= 15 is 0 Å². The van der Waals surface area contributed by atoms with Crippen LogP contribution in [0.1, 0.15) is 0 Å². The maximum atomic E-state index is 10.7. The molecule has 5 atom stereocenters. The number of aromatic nitrogens is 2. The molecule has 1 aromatic heterocycles. The molecular formula is C23H24N2O9. The normalized spacial score (nSPS) is 26.3. The number of rotatable bonds is 5. The van der Waals surface area contributed by atoms with E-state index in [2.05, 4.69) is 10.2 Å². The summed E-state index contributed by atoms with van der Waals surface area (Å²) < 4.78 is 22.1. The van der Waals surface area contributed by atoms with Crippen LogP contribution in [0.25, 0.3) is 22.4 Å². The lowest BCUT2D eigenvalue weighted by molar-refractivity contribution is -0.277. The van der Waals surface area contributed by atoms with E-state index in [-0.39, 0.29) is 11.5 Å². The molecule has 2 aromatic carbocycles. The van der Waals surface area contributed by atoms with Crippen LogP contribution in [0.2, 0.25) is 0 Å². The minimum atomic E-state index is -1.57. The average Bonchev–Trinajstić information content (AvgIpc) is 3.34. The van der Waals surface area contributed by atoms with Gasteiger partial charge in [-0.3, -0.25) is 5.10 Å². The molecular weight excluding hydrogens is 448 g/mol. The van der Waals surface area contributed by atoms with Crippen molar-refractivity contribution < 1.29 is 44.5 Å². The molecule has 0 saturated carbocycles. The summed E-state index contributed by atoms with van der Waals surface area (Å²) >= 11 is 0. The van der Waals surface area contributed by atoms with Gasteiger partial charge in [0.15, 0.2) is 11.5 Å². The van der Waals surface area contributed by atoms with Gasteiger partial charge in [-0.25, -0.2) is 0 Å². The molecule has 3 heterocycles. The Morgan fingerprint density at radius 3 is 2.50 bits per heavy atom. The van der Waals surface area contributed by atoms with Crippen molar-refractivity contribution in [3.63, 3.8) is 0 Å². The summed E-state index contributed by atoms with van der Waals surface area (Å²) in [5.74, 6) is 1.30. The van der Waals surface area contributed by atoms with E-state index in [0.29, 0.717) is 36.0 Å². The Balaban J connectivity index is 1.39. The van der Waals surface area contributed by atoms with Crippen molar-refractivity contribution in [1.82, 2.24) is 10.2 Å². The molecule has 11 nitrogen and oxygen atoms in total. The lowest BCUT2D eigenvalue weighted by atomic mass is 9.99. The molecule has 11 heteroatoms. The quantitative estimate of drug-likeness (QED) is 0.306. The van der Waals surface area contributed by atoms with Gasteiger partial charge >= 0.3 is 0 Å². The summed E-state index contributed by atoms with van der Waals surface area (Å²) in [7, 11) is 0. The second kappa shape index (κ2) is 9.12. The molecule has 0 radical (unpaired) electrons. The van der Waals surface area contributed by atoms with Crippen molar-refractivity contribution in [2.24, 2.45) is 0 Å². The predicted molar refractivity (Wildman–Crippen MR) is 117 cm³/mol. The zero-order chi connectivity index (χ0) is 23.8. The molecule has 0 unspecified atom stereocenters. The van der Waals surface area contributed by atoms with Crippen LogP contribution < -0.4 is 14.2 Å². The number of hydrogen-bond donors (Lipinski definition) is 6. The third kappa shape index (κ3) is 4.04. The highest BCUT2D eigenvalue weighted by atomic mass is 16.7. The number of phenolic OH excluding ortho intramolecular Hbond substituents is 1. The fourth-order valence-corrected chi connectivity index (χ4v) is 4.02. The summed E-state index contributed by atoms with van der Waals surface area (Å²) in [6, 6.07) is 10.0. The Hall–Kier alpha value is -3.35. The van der Waals surface area contributed by atoms with Crippen LogP contribution in [-0.4, -0.2) is 86.3 Å². The Bertz CT molecular complexity index is 1170. The van der Waals surface area contributed by atoms with E-state index in [1.165, 1.54) is 6.07 Å². The topological polar surface area (TPSA) is 167 Å². The van der Waals surface area contributed by atoms with Crippen LogP contribution in [0.3, 0.4) is 0 Å². The number of ether oxygens (including phenoxy) is 4. The predicted octanol–water partition coefficient (Wildman–Crippen LogP) is 0.399. The average molecular weight is 472 g/mol. The number of nitrogens with zero attached hydrogens (tertiary/aromatic N) is 1. The number of aliphatic hydroxyl groups is 4. The molecule has 0 amide bonds. The highest BCUT2D eigenvalue weighted by Crippen LogP contribution is 2.40. The molecule has 6 N–H and O–H groups in total. The Morgan fingerprint density at radius 2 is 1.74 bits per heavy atom. The summed E-state index contributed by atoms with van der Waals surface area (Å²) in [6.07, 6.45) is -5.44. The third-order valence-corrected chi connectivity index (χ3v) is 5.83. The molecule has 3 aromatic rings. The largest absolute Gasteiger partial charge is 0.507 e. The van der Waals surface area contributed by atoms with Gasteiger partial charge < -0.3 is 44.5 Å². The number of nitrogens with one attached hydrogen (secondary N) is 1. The van der Waals surface area contributed by atoms with Crippen molar-refractivity contribution in [2.75, 3.05) is 19.8 Å². The summed E-state index contributed by atoms with van der Waals surface area (Å²) in [5, 5.41) is 57.0. The standard InChI is InChI=1S/C23H24N2O9/c26-10-18-20(28)21(29)22(30)23(34-18)33-12-2-3-13(15(27)8-12)19-14(9-24-25-19)11-1-4-16-17(7-11)32-6-5-31-16/h1-4,7-9,18,20-23,26-30H,5-6,10H2,(H,24,25)/t18-,20+,21+,22+,23-/m0/s1. The van der Waals surface area contributed by atoms with E-state index in [0.717, 1.165) is 11.1 Å². The number of phenols is 1. The molecule has 2 aliphatic heterocycles. The maximum absolute atomic E-state index is 10.7. The monoisotopic (exact) mass is 472 g/mol. The number of H-pyrrole nitrogens is 1. The Labute approximate surface area is 193 Å². The number of aromatic hydroxyl groups is 1. The molecule has 180 valence electrons. The molecule has 5 rings (SSSR count). The summed E-state index contributed by atoms with van der Waals surface area (Å²) in [6.45, 7) is 0.386. The van der Waals surface area contributed by atoms with Gasteiger partial charge in [0.2, 0.25) is 6.29 Å². The summed E-state index contributed by atoms with van der Waals surface area (Å²) in [4.78, 5) is 0. The fraction of sp³-hybridized carbons (Fsp3) is 0.348. The van der Waals surface area contributed by atoms with Crippen LogP contribution in [0.4, 0.5) is 0 Å². The second-order valence-corrected chi connectivity index (χ2v) is 8.01. The first-order valence-electron chi connectivity index (χ1n) is 10.7. The van der Waals surface area contributed by atoms with Gasteiger partial charge in [0.1, 0.15) is 49.1 Å². The molecule has 1 saturated heterocycles. The van der Waals surface area contributed by atoms with Gasteiger partial charge in [-0.1, -0.05) is 6.07 Å². The number of fused-ring (bicyclic) bond motifs is 1. The number of aromatic amines is 1. The van der Waals surface area contributed by atoms with Gasteiger partial charge in [0.05, 0.1) is 18.5 Å². The first kappa shape index (κ1) is 22.4. The minimum Gasteiger partial charge on any atom is -0.507 e. The van der Waals surface area contributed by atoms with Crippen LogP contribution in [-0.2, 0) is 4.74 Å². The van der Waals surface area contributed by atoms with E-state index in [1.807, 2.05) is 18.2 Å². The Kier molecular flexibility index (Phi) is 6.02. The first-order chi connectivity index (χ1) is 16.5. The van der Waals surface area contributed by atoms with Crippen LogP contribution in [0.15, 0.2) is 42.6 Å². The number of benzene rings is 2. The van der Waals surface area contributed by atoms with Crippen molar-refractivity contribution in [1.29, 1.82) is 0 Å². The fourth-order valence-electron chi connectivity index (χ4n) is 4.02. The van der Waals surface area contributed by atoms with E-state index in [1.54, 1.807) is 18.3 Å². The van der Waals surface area contributed by atoms with Gasteiger partial charge in [-0.05, 0) is 29.8 Å². The van der Waals surface area contributed by atoms with E-state index < -0.39 is 37.3 Å². The molecule has 0 aliphatic carbocycles. The maximum Gasteiger partial charge on any atom is 0.229 e. The van der Waals surface area contributed by atoms with Gasteiger partial charge in [-0.2, -0.15) is 5.10 Å². The molecule has 2 aliphatic rings. The molecule has 0 spiro atoms. The lowest BCUT2D eigenvalue weighted by Gasteiger charge is -2.39. The van der Waals surface area contributed by atoms with Crippen molar-refractivity contribution >= 4 is 0 Å². The molecule has 1 fully saturated rings. The van der Waals surface area contributed by atoms with E-state index in [9.17, 15) is 25.5 Å². The smallest absolute Gasteiger partial charge is 0.229 e. The summed E-state index contributed by atoms with van der Waals surface area (Å²) in [5.41, 5.74) is 2.56. The highest BCUT2D eigenvalue weighted by Gasteiger charge is 2.44. The van der Waals surface area contributed by atoms with Crippen molar-refractivity contribution in [3.05, 3.63) is 42.6 Å². The number of hydrogen-bond acceptors (Lipinski definition) is 10. The van der Waals surface area contributed by atoms with Crippen LogP contribution in [0, 0.1) is 0 Å². The van der Waals surface area contributed by atoms with E-state index in [4.69, 9.17) is 18.9 Å². The third-order valence-electron chi connectivity index (χ3n) is 5.83. The molecule has 34 heavy (non-hydrogen) atoms. The minimum absolute atomic E-state index is 0.134. The molecule has 0 bridgehead atoms. The number of aliphatic hydroxyl groups excluding tert-OH is 4. The SMILES string of the molecule is OC[C@@H]1O[C@H](Oc2ccc(-c3[nH]ncc3-c3ccc4c(c3)OCCO4)c(O)c2)[C@H](O)[C@H](O)[C@@H]1O. The van der Waals surface area contributed by atoms with Crippen molar-refractivity contribution in [2.45, 2.75) is 30.7 Å². The van der Waals surface area contributed by atoms with Crippen LogP contribution >= 0.6 is 0 Å². The van der Waals surface area contributed by atoms with Gasteiger partial charge in [0, 0.05) is 17.2 Å². The van der Waals surface area contributed by atoms with Gasteiger partial charge in [0.25, 0.3) is 0 Å². The first-order valence-corrected chi connectivity index (χ1v) is 10.7. The van der Waals surface area contributed by atoms with Gasteiger partial charge in [-0.15, -0.1) is 0 Å². The van der Waals surface area contributed by atoms with Crippen molar-refractivity contribution in [3.8, 4) is 45.4 Å². The highest BCUT2D eigenvalue weighted by molar-refractivity contribution is 5.84. The zero-order valence-electron chi connectivity index (χ0n) is 17.9. The second-order valence-electron chi connectivity index (χ2n) is 8.01. The zero-order valence-corrected chi connectivity index (χ0v) is 17.9. The lowest BCUT2D eigenvalue weighted by Crippen LogP contribution is -2.60. The van der Waals surface area contributed by atoms with Crippen LogP contribution in [0.5, 0.6) is 23.0 Å². The Morgan fingerprint density at radius 1 is 0.941 bits per heavy atom.